The van der Waals surface area contributed by atoms with Crippen molar-refractivity contribution in [1.82, 2.24) is 0 Å². The number of carbonyl (C=O) groups is 1. The molecule has 1 aliphatic rings. The average molecular weight is 154 g/mol. The number of carbonyl (C=O) groups excluding carboxylic acids is 1. The van der Waals surface area contributed by atoms with E-state index >= 15 is 0 Å². The van der Waals surface area contributed by atoms with Gasteiger partial charge in [-0.3, -0.25) is 0 Å². The fourth-order valence-corrected chi connectivity index (χ4v) is 2.24. The minimum atomic E-state index is 0.690. The maximum Gasteiger partial charge on any atom is 0.120 e. The van der Waals surface area contributed by atoms with Gasteiger partial charge in [-0.15, -0.1) is 0 Å². The van der Waals surface area contributed by atoms with Crippen LogP contribution < -0.4 is 0 Å². The summed E-state index contributed by atoms with van der Waals surface area (Å²) in [6.07, 6.45) is 8.58. The number of aldehydes is 1. The van der Waals surface area contributed by atoms with Gasteiger partial charge in [0, 0.05) is 6.42 Å². The summed E-state index contributed by atoms with van der Waals surface area (Å²) in [5, 5.41) is 0. The van der Waals surface area contributed by atoms with Gasteiger partial charge in [-0.25, -0.2) is 0 Å². The van der Waals surface area contributed by atoms with Crippen LogP contribution in [0.4, 0.5) is 0 Å². The minimum absolute atomic E-state index is 0.690. The van der Waals surface area contributed by atoms with Crippen LogP contribution in [0.1, 0.15) is 45.4 Å². The Hall–Kier alpha value is -0.330. The van der Waals surface area contributed by atoms with Gasteiger partial charge < -0.3 is 4.79 Å². The van der Waals surface area contributed by atoms with Crippen LogP contribution in [0.25, 0.3) is 0 Å². The summed E-state index contributed by atoms with van der Waals surface area (Å²) in [5.41, 5.74) is 0. The fraction of sp³-hybridized carbons (Fsp3) is 0.900. The molecule has 1 aliphatic carbocycles. The monoisotopic (exact) mass is 154 g/mol. The van der Waals surface area contributed by atoms with Crippen LogP contribution in [0.3, 0.4) is 0 Å². The smallest absolute Gasteiger partial charge is 0.120 e. The molecule has 0 amide bonds. The van der Waals surface area contributed by atoms with Crippen LogP contribution in [-0.4, -0.2) is 6.29 Å². The van der Waals surface area contributed by atoms with Crippen molar-refractivity contribution < 1.29 is 4.79 Å². The zero-order valence-electron chi connectivity index (χ0n) is 7.38. The molecule has 0 saturated heterocycles. The van der Waals surface area contributed by atoms with Crippen molar-refractivity contribution in [1.29, 1.82) is 0 Å². The molecule has 1 saturated carbocycles. The van der Waals surface area contributed by atoms with E-state index in [9.17, 15) is 4.79 Å². The Morgan fingerprint density at radius 1 is 1.45 bits per heavy atom. The third-order valence-electron chi connectivity index (χ3n) is 2.99. The third kappa shape index (κ3) is 2.32. The van der Waals surface area contributed by atoms with Crippen molar-refractivity contribution in [3.63, 3.8) is 0 Å². The SMILES string of the molecule is CCC(CC=O)C1CCCC1. The van der Waals surface area contributed by atoms with E-state index < -0.39 is 0 Å². The van der Waals surface area contributed by atoms with E-state index in [1.807, 2.05) is 0 Å². The quantitative estimate of drug-likeness (QED) is 0.569. The van der Waals surface area contributed by atoms with E-state index in [4.69, 9.17) is 0 Å². The largest absolute Gasteiger partial charge is 0.303 e. The molecule has 0 radical (unpaired) electrons. The first-order chi connectivity index (χ1) is 5.38. The first-order valence-electron chi connectivity index (χ1n) is 4.82. The number of rotatable bonds is 4. The van der Waals surface area contributed by atoms with Crippen LogP contribution in [0, 0.1) is 11.8 Å². The molecule has 0 spiro atoms. The van der Waals surface area contributed by atoms with Gasteiger partial charge in [-0.1, -0.05) is 39.0 Å². The Balaban J connectivity index is 2.33. The lowest BCUT2D eigenvalue weighted by Crippen LogP contribution is -2.10. The molecular weight excluding hydrogens is 136 g/mol. The topological polar surface area (TPSA) is 17.1 Å². The molecule has 0 heterocycles. The van der Waals surface area contributed by atoms with Crippen LogP contribution >= 0.6 is 0 Å². The molecule has 1 unspecified atom stereocenters. The molecule has 0 aromatic carbocycles. The van der Waals surface area contributed by atoms with Crippen molar-refractivity contribution in [2.45, 2.75) is 45.4 Å². The van der Waals surface area contributed by atoms with Gasteiger partial charge in [0.25, 0.3) is 0 Å². The van der Waals surface area contributed by atoms with Crippen LogP contribution in [-0.2, 0) is 4.79 Å². The van der Waals surface area contributed by atoms with Crippen molar-refractivity contribution in [3.05, 3.63) is 0 Å². The lowest BCUT2D eigenvalue weighted by Gasteiger charge is -2.18. The second-order valence-corrected chi connectivity index (χ2v) is 3.62. The molecule has 11 heavy (non-hydrogen) atoms. The van der Waals surface area contributed by atoms with Gasteiger partial charge in [0.15, 0.2) is 0 Å². The summed E-state index contributed by atoms with van der Waals surface area (Å²) >= 11 is 0. The molecular formula is C10H18O. The Kier molecular flexibility index (Phi) is 3.61. The minimum Gasteiger partial charge on any atom is -0.303 e. The Bertz CT molecular complexity index is 114. The number of hydrogen-bond acceptors (Lipinski definition) is 1. The zero-order chi connectivity index (χ0) is 8.10. The van der Waals surface area contributed by atoms with Gasteiger partial charge >= 0.3 is 0 Å². The molecule has 64 valence electrons. The standard InChI is InChI=1S/C10H18O/c1-2-9(7-8-11)10-5-3-4-6-10/h8-10H,2-7H2,1H3. The molecule has 1 heteroatoms. The highest BCUT2D eigenvalue weighted by molar-refractivity contribution is 5.49. The Labute approximate surface area is 69.2 Å². The highest BCUT2D eigenvalue weighted by Crippen LogP contribution is 2.34. The van der Waals surface area contributed by atoms with E-state index in [1.54, 1.807) is 0 Å². The Morgan fingerprint density at radius 3 is 2.55 bits per heavy atom. The summed E-state index contributed by atoms with van der Waals surface area (Å²) in [6, 6.07) is 0. The second kappa shape index (κ2) is 4.53. The summed E-state index contributed by atoms with van der Waals surface area (Å²) in [7, 11) is 0. The van der Waals surface area contributed by atoms with Crippen molar-refractivity contribution in [2.24, 2.45) is 11.8 Å². The van der Waals surface area contributed by atoms with Gasteiger partial charge in [0.05, 0.1) is 0 Å². The van der Waals surface area contributed by atoms with Crippen molar-refractivity contribution in [2.75, 3.05) is 0 Å². The zero-order valence-corrected chi connectivity index (χ0v) is 7.38. The first-order valence-corrected chi connectivity index (χ1v) is 4.82. The molecule has 0 N–H and O–H groups in total. The molecule has 0 aromatic rings. The van der Waals surface area contributed by atoms with Crippen LogP contribution in [0.15, 0.2) is 0 Å². The van der Waals surface area contributed by atoms with Crippen molar-refractivity contribution in [3.8, 4) is 0 Å². The molecule has 0 bridgehead atoms. The van der Waals surface area contributed by atoms with E-state index in [0.717, 1.165) is 18.6 Å². The molecule has 1 rings (SSSR count). The van der Waals surface area contributed by atoms with E-state index in [-0.39, 0.29) is 0 Å². The lowest BCUT2D eigenvalue weighted by atomic mass is 9.87. The van der Waals surface area contributed by atoms with Gasteiger partial charge in [0.1, 0.15) is 6.29 Å². The van der Waals surface area contributed by atoms with Crippen LogP contribution in [0.2, 0.25) is 0 Å². The summed E-state index contributed by atoms with van der Waals surface area (Å²) in [4.78, 5) is 10.3. The summed E-state index contributed by atoms with van der Waals surface area (Å²) < 4.78 is 0. The summed E-state index contributed by atoms with van der Waals surface area (Å²) in [5.74, 6) is 1.56. The predicted octanol–water partition coefficient (Wildman–Crippen LogP) is 2.79. The lowest BCUT2D eigenvalue weighted by molar-refractivity contribution is -0.109. The molecule has 1 atom stereocenters. The fourth-order valence-electron chi connectivity index (χ4n) is 2.24. The highest BCUT2D eigenvalue weighted by Gasteiger charge is 2.22. The third-order valence-corrected chi connectivity index (χ3v) is 2.99. The van der Waals surface area contributed by atoms with E-state index in [1.165, 1.54) is 32.1 Å². The predicted molar refractivity (Wildman–Crippen MR) is 46.4 cm³/mol. The van der Waals surface area contributed by atoms with Gasteiger partial charge in [0.2, 0.25) is 0 Å². The second-order valence-electron chi connectivity index (χ2n) is 3.62. The molecule has 0 aliphatic heterocycles. The molecule has 0 aromatic heterocycles. The molecule has 1 fully saturated rings. The van der Waals surface area contributed by atoms with E-state index in [0.29, 0.717) is 5.92 Å². The summed E-state index contributed by atoms with van der Waals surface area (Å²) in [6.45, 7) is 2.20. The van der Waals surface area contributed by atoms with Gasteiger partial charge in [-0.2, -0.15) is 0 Å². The van der Waals surface area contributed by atoms with Gasteiger partial charge in [-0.05, 0) is 11.8 Å². The first kappa shape index (κ1) is 8.76. The Morgan fingerprint density at radius 2 is 2.09 bits per heavy atom. The maximum atomic E-state index is 10.3. The number of hydrogen-bond donors (Lipinski definition) is 0. The highest BCUT2D eigenvalue weighted by atomic mass is 16.1. The van der Waals surface area contributed by atoms with Crippen LogP contribution in [0.5, 0.6) is 0 Å². The normalized spacial score (nSPS) is 21.9. The molecule has 1 nitrogen and oxygen atoms in total. The van der Waals surface area contributed by atoms with Crippen molar-refractivity contribution >= 4 is 6.29 Å². The average Bonchev–Trinajstić information content (AvgIpc) is 2.52. The van der Waals surface area contributed by atoms with E-state index in [2.05, 4.69) is 6.92 Å². The maximum absolute atomic E-state index is 10.3.